The van der Waals surface area contributed by atoms with E-state index in [1.165, 1.54) is 6.21 Å². The van der Waals surface area contributed by atoms with E-state index in [0.717, 1.165) is 0 Å². The summed E-state index contributed by atoms with van der Waals surface area (Å²) < 4.78 is 0. The molecule has 0 saturated heterocycles. The van der Waals surface area contributed by atoms with Gasteiger partial charge in [-0.2, -0.15) is 10.2 Å². The molecule has 3 nitrogen and oxygen atoms in total. The lowest BCUT2D eigenvalue weighted by Crippen LogP contribution is -1.96. The van der Waals surface area contributed by atoms with Gasteiger partial charge in [-0.3, -0.25) is 4.79 Å². The molecule has 0 saturated carbocycles. The van der Waals surface area contributed by atoms with E-state index >= 15 is 0 Å². The summed E-state index contributed by atoms with van der Waals surface area (Å²) in [5.74, 6) is -0.0110. The Balaban J connectivity index is 2.70. The number of nitrogens with zero attached hydrogens (tertiary/aromatic N) is 2. The number of ketones is 1. The van der Waals surface area contributed by atoms with Gasteiger partial charge >= 0.3 is 0 Å². The molecule has 0 radical (unpaired) electrons. The van der Waals surface area contributed by atoms with Gasteiger partial charge in [0.15, 0.2) is 5.78 Å². The Bertz CT molecular complexity index is 191. The van der Waals surface area contributed by atoms with Gasteiger partial charge in [0, 0.05) is 12.6 Å². The van der Waals surface area contributed by atoms with E-state index in [2.05, 4.69) is 10.2 Å². The zero-order chi connectivity index (χ0) is 6.53. The summed E-state index contributed by atoms with van der Waals surface area (Å²) in [7, 11) is 0. The van der Waals surface area contributed by atoms with Crippen LogP contribution in [0.25, 0.3) is 0 Å². The van der Waals surface area contributed by atoms with Crippen molar-refractivity contribution in [2.75, 3.05) is 0 Å². The zero-order valence-corrected chi connectivity index (χ0v) is 4.82. The van der Waals surface area contributed by atoms with E-state index in [-0.39, 0.29) is 5.78 Å². The monoisotopic (exact) mass is 122 g/mol. The minimum Gasteiger partial charge on any atom is -0.293 e. The average Bonchev–Trinajstić information content (AvgIpc) is 1.79. The molecule has 0 aromatic carbocycles. The maximum atomic E-state index is 10.6. The van der Waals surface area contributed by atoms with Crippen LogP contribution in [0.15, 0.2) is 22.4 Å². The van der Waals surface area contributed by atoms with Crippen LogP contribution in [0.5, 0.6) is 0 Å². The Morgan fingerprint density at radius 1 is 1.44 bits per heavy atom. The maximum Gasteiger partial charge on any atom is 0.179 e. The summed E-state index contributed by atoms with van der Waals surface area (Å²) in [6.07, 6.45) is 6.64. The van der Waals surface area contributed by atoms with Gasteiger partial charge in [0.25, 0.3) is 0 Å². The Morgan fingerprint density at radius 2 is 2.33 bits per heavy atom. The van der Waals surface area contributed by atoms with Crippen LogP contribution in [0, 0.1) is 0 Å². The van der Waals surface area contributed by atoms with Crippen molar-refractivity contribution in [1.29, 1.82) is 0 Å². The Morgan fingerprint density at radius 3 is 3.22 bits per heavy atom. The van der Waals surface area contributed by atoms with Gasteiger partial charge < -0.3 is 0 Å². The van der Waals surface area contributed by atoms with E-state index in [4.69, 9.17) is 0 Å². The molecule has 0 fully saturated rings. The van der Waals surface area contributed by atoms with Crippen molar-refractivity contribution in [2.24, 2.45) is 10.2 Å². The maximum absolute atomic E-state index is 10.6. The fourth-order valence-electron chi connectivity index (χ4n) is 0.472. The first-order chi connectivity index (χ1) is 4.39. The fourth-order valence-corrected chi connectivity index (χ4v) is 0.472. The van der Waals surface area contributed by atoms with Gasteiger partial charge in [-0.05, 0) is 6.08 Å². The number of hydrogen-bond donors (Lipinski definition) is 0. The second-order valence-corrected chi connectivity index (χ2v) is 1.61. The number of carbonyl (C=O) groups excluding carboxylic acids is 1. The van der Waals surface area contributed by atoms with Gasteiger partial charge in [-0.15, -0.1) is 0 Å². The fraction of sp³-hybridized carbons (Fsp3) is 0.167. The SMILES string of the molecule is O=C1C=NN=CC=CC1. The highest BCUT2D eigenvalue weighted by molar-refractivity contribution is 6.28. The van der Waals surface area contributed by atoms with E-state index in [1.807, 2.05) is 0 Å². The highest BCUT2D eigenvalue weighted by atomic mass is 16.1. The number of allylic oxidation sites excluding steroid dienone is 2. The van der Waals surface area contributed by atoms with Crippen LogP contribution in [-0.2, 0) is 4.79 Å². The summed E-state index contributed by atoms with van der Waals surface area (Å²) in [5.41, 5.74) is 0. The average molecular weight is 122 g/mol. The molecule has 1 rings (SSSR count). The van der Waals surface area contributed by atoms with Crippen molar-refractivity contribution in [2.45, 2.75) is 6.42 Å². The van der Waals surface area contributed by atoms with E-state index in [0.29, 0.717) is 6.42 Å². The normalized spacial score (nSPS) is 17.6. The summed E-state index contributed by atoms with van der Waals surface area (Å²) in [6.45, 7) is 0. The van der Waals surface area contributed by atoms with Crippen LogP contribution in [0.4, 0.5) is 0 Å². The van der Waals surface area contributed by atoms with E-state index < -0.39 is 0 Å². The molecule has 1 aliphatic rings. The lowest BCUT2D eigenvalue weighted by Gasteiger charge is -1.85. The minimum absolute atomic E-state index is 0.0110. The highest BCUT2D eigenvalue weighted by Gasteiger charge is 1.92. The predicted octanol–water partition coefficient (Wildman–Crippen LogP) is 0.572. The number of rotatable bonds is 0. The number of carbonyl (C=O) groups is 1. The molecule has 0 unspecified atom stereocenters. The molecule has 3 heteroatoms. The molecule has 1 heterocycles. The lowest BCUT2D eigenvalue weighted by atomic mass is 10.3. The first kappa shape index (κ1) is 5.88. The van der Waals surface area contributed by atoms with E-state index in [1.54, 1.807) is 18.4 Å². The first-order valence-electron chi connectivity index (χ1n) is 2.64. The molecule has 0 spiro atoms. The molecule has 0 aromatic heterocycles. The van der Waals surface area contributed by atoms with Crippen LogP contribution >= 0.6 is 0 Å². The third-order valence-corrected chi connectivity index (χ3v) is 0.876. The molecular formula is C6H6N2O. The molecule has 0 aliphatic carbocycles. The van der Waals surface area contributed by atoms with Crippen molar-refractivity contribution >= 4 is 18.2 Å². The minimum atomic E-state index is -0.0110. The van der Waals surface area contributed by atoms with Gasteiger partial charge in [-0.1, -0.05) is 6.08 Å². The quantitative estimate of drug-likeness (QED) is 0.463. The van der Waals surface area contributed by atoms with Crippen molar-refractivity contribution in [3.8, 4) is 0 Å². The smallest absolute Gasteiger partial charge is 0.179 e. The van der Waals surface area contributed by atoms with Crippen molar-refractivity contribution in [3.63, 3.8) is 0 Å². The standard InChI is InChI=1S/C6H6N2O/c9-6-3-1-2-4-7-8-5-6/h1-2,4-5H,3H2. The van der Waals surface area contributed by atoms with Crippen LogP contribution < -0.4 is 0 Å². The Kier molecular flexibility index (Phi) is 1.90. The second-order valence-electron chi connectivity index (χ2n) is 1.61. The second kappa shape index (κ2) is 2.91. The third-order valence-electron chi connectivity index (χ3n) is 0.876. The highest BCUT2D eigenvalue weighted by Crippen LogP contribution is 1.86. The Hall–Kier alpha value is -1.25. The van der Waals surface area contributed by atoms with Gasteiger partial charge in [0.2, 0.25) is 0 Å². The van der Waals surface area contributed by atoms with Crippen LogP contribution in [0.3, 0.4) is 0 Å². The summed E-state index contributed by atoms with van der Waals surface area (Å²) in [6, 6.07) is 0. The zero-order valence-electron chi connectivity index (χ0n) is 4.82. The summed E-state index contributed by atoms with van der Waals surface area (Å²) in [5, 5.41) is 6.97. The van der Waals surface area contributed by atoms with Crippen LogP contribution in [0.2, 0.25) is 0 Å². The topological polar surface area (TPSA) is 41.8 Å². The molecule has 0 atom stereocenters. The molecule has 9 heavy (non-hydrogen) atoms. The summed E-state index contributed by atoms with van der Waals surface area (Å²) in [4.78, 5) is 10.6. The molecule has 0 amide bonds. The summed E-state index contributed by atoms with van der Waals surface area (Å²) >= 11 is 0. The van der Waals surface area contributed by atoms with Crippen molar-refractivity contribution in [3.05, 3.63) is 12.2 Å². The molecule has 0 aromatic rings. The predicted molar refractivity (Wildman–Crippen MR) is 35.7 cm³/mol. The Labute approximate surface area is 52.8 Å². The van der Waals surface area contributed by atoms with Gasteiger partial charge in [0.1, 0.15) is 0 Å². The largest absolute Gasteiger partial charge is 0.293 e. The third kappa shape index (κ3) is 1.99. The lowest BCUT2D eigenvalue weighted by molar-refractivity contribution is -0.111. The number of Topliss-reactive ketones (excluding diaryl/α,β-unsaturated/α-hetero) is 1. The first-order valence-corrected chi connectivity index (χ1v) is 2.64. The van der Waals surface area contributed by atoms with E-state index in [9.17, 15) is 4.79 Å². The molecule has 1 aliphatic heterocycles. The molecule has 0 N–H and O–H groups in total. The van der Waals surface area contributed by atoms with Gasteiger partial charge in [0.05, 0.1) is 6.21 Å². The van der Waals surface area contributed by atoms with Crippen molar-refractivity contribution in [1.82, 2.24) is 0 Å². The molecule has 0 bridgehead atoms. The molecular weight excluding hydrogens is 116 g/mol. The number of hydrogen-bond acceptors (Lipinski definition) is 3. The van der Waals surface area contributed by atoms with Crippen LogP contribution in [-0.4, -0.2) is 18.2 Å². The van der Waals surface area contributed by atoms with Crippen molar-refractivity contribution < 1.29 is 4.79 Å². The van der Waals surface area contributed by atoms with Gasteiger partial charge in [-0.25, -0.2) is 0 Å². The molecule has 46 valence electrons. The van der Waals surface area contributed by atoms with Crippen LogP contribution in [0.1, 0.15) is 6.42 Å².